The van der Waals surface area contributed by atoms with Gasteiger partial charge in [-0.1, -0.05) is 12.8 Å². The van der Waals surface area contributed by atoms with Gasteiger partial charge in [0, 0.05) is 19.1 Å². The van der Waals surface area contributed by atoms with Gasteiger partial charge in [-0.2, -0.15) is 0 Å². The molecule has 1 aliphatic carbocycles. The SMILES string of the molecule is Cl.O[C@@H]1CCN(C2CCCC2)C1. The van der Waals surface area contributed by atoms with E-state index in [1.165, 1.54) is 25.7 Å². The van der Waals surface area contributed by atoms with Crippen molar-refractivity contribution >= 4 is 12.4 Å². The molecule has 0 spiro atoms. The molecule has 0 unspecified atom stereocenters. The van der Waals surface area contributed by atoms with Crippen LogP contribution in [0.2, 0.25) is 0 Å². The highest BCUT2D eigenvalue weighted by molar-refractivity contribution is 5.85. The lowest BCUT2D eigenvalue weighted by Gasteiger charge is -2.22. The predicted molar refractivity (Wildman–Crippen MR) is 51.7 cm³/mol. The molecule has 12 heavy (non-hydrogen) atoms. The highest BCUT2D eigenvalue weighted by Gasteiger charge is 2.28. The number of likely N-dealkylation sites (tertiary alicyclic amines) is 1. The Hall–Kier alpha value is 0.210. The first-order valence-corrected chi connectivity index (χ1v) is 4.78. The summed E-state index contributed by atoms with van der Waals surface area (Å²) in [6.07, 6.45) is 6.50. The van der Waals surface area contributed by atoms with Gasteiger partial charge >= 0.3 is 0 Å². The maximum absolute atomic E-state index is 9.32. The Morgan fingerprint density at radius 2 is 1.75 bits per heavy atom. The second kappa shape index (κ2) is 4.45. The van der Waals surface area contributed by atoms with E-state index in [0.29, 0.717) is 0 Å². The Morgan fingerprint density at radius 1 is 1.08 bits per heavy atom. The number of nitrogens with zero attached hydrogens (tertiary/aromatic N) is 1. The van der Waals surface area contributed by atoms with Crippen molar-refractivity contribution < 1.29 is 5.11 Å². The normalized spacial score (nSPS) is 32.2. The van der Waals surface area contributed by atoms with Crippen LogP contribution in [-0.4, -0.2) is 35.2 Å². The summed E-state index contributed by atoms with van der Waals surface area (Å²) in [4.78, 5) is 2.47. The maximum Gasteiger partial charge on any atom is 0.0679 e. The number of hydrogen-bond donors (Lipinski definition) is 1. The van der Waals surface area contributed by atoms with Crippen LogP contribution < -0.4 is 0 Å². The summed E-state index contributed by atoms with van der Waals surface area (Å²) in [6, 6.07) is 0.812. The van der Waals surface area contributed by atoms with E-state index in [4.69, 9.17) is 0 Å². The van der Waals surface area contributed by atoms with E-state index in [2.05, 4.69) is 4.90 Å². The first-order valence-electron chi connectivity index (χ1n) is 4.78. The van der Waals surface area contributed by atoms with E-state index in [9.17, 15) is 5.11 Å². The molecular formula is C9H18ClNO. The van der Waals surface area contributed by atoms with Gasteiger partial charge in [0.15, 0.2) is 0 Å². The van der Waals surface area contributed by atoms with Crippen molar-refractivity contribution in [3.8, 4) is 0 Å². The third kappa shape index (κ3) is 2.12. The summed E-state index contributed by atoms with van der Waals surface area (Å²) in [5.41, 5.74) is 0. The van der Waals surface area contributed by atoms with Gasteiger partial charge < -0.3 is 5.11 Å². The summed E-state index contributed by atoms with van der Waals surface area (Å²) in [6.45, 7) is 2.07. The molecule has 1 saturated carbocycles. The minimum absolute atomic E-state index is 0. The Labute approximate surface area is 80.4 Å². The van der Waals surface area contributed by atoms with Gasteiger partial charge in [-0.05, 0) is 19.3 Å². The smallest absolute Gasteiger partial charge is 0.0679 e. The molecule has 1 aliphatic heterocycles. The zero-order chi connectivity index (χ0) is 7.68. The Balaban J connectivity index is 0.000000720. The lowest BCUT2D eigenvalue weighted by atomic mass is 10.2. The largest absolute Gasteiger partial charge is 0.392 e. The highest BCUT2D eigenvalue weighted by atomic mass is 35.5. The van der Waals surface area contributed by atoms with Gasteiger partial charge in [-0.15, -0.1) is 12.4 Å². The predicted octanol–water partition coefficient (Wildman–Crippen LogP) is 1.42. The molecular weight excluding hydrogens is 174 g/mol. The molecule has 1 atom stereocenters. The van der Waals surface area contributed by atoms with E-state index in [1.54, 1.807) is 0 Å². The summed E-state index contributed by atoms with van der Waals surface area (Å²) >= 11 is 0. The average molecular weight is 192 g/mol. The minimum atomic E-state index is -0.0319. The zero-order valence-electron chi connectivity index (χ0n) is 7.41. The van der Waals surface area contributed by atoms with Gasteiger partial charge in [0.1, 0.15) is 0 Å². The third-order valence-corrected chi connectivity index (χ3v) is 3.04. The van der Waals surface area contributed by atoms with Crippen molar-refractivity contribution in [2.45, 2.75) is 44.2 Å². The van der Waals surface area contributed by atoms with Crippen molar-refractivity contribution in [1.82, 2.24) is 4.90 Å². The number of aliphatic hydroxyl groups is 1. The molecule has 0 amide bonds. The van der Waals surface area contributed by atoms with Crippen LogP contribution in [0.3, 0.4) is 0 Å². The van der Waals surface area contributed by atoms with Crippen LogP contribution in [-0.2, 0) is 0 Å². The van der Waals surface area contributed by atoms with Crippen LogP contribution >= 0.6 is 12.4 Å². The highest BCUT2D eigenvalue weighted by Crippen LogP contribution is 2.26. The number of aliphatic hydroxyl groups excluding tert-OH is 1. The van der Waals surface area contributed by atoms with Gasteiger partial charge in [-0.25, -0.2) is 0 Å². The van der Waals surface area contributed by atoms with Crippen molar-refractivity contribution in [2.75, 3.05) is 13.1 Å². The molecule has 0 aromatic rings. The Kier molecular flexibility index (Phi) is 3.81. The maximum atomic E-state index is 9.32. The van der Waals surface area contributed by atoms with Crippen molar-refractivity contribution in [3.05, 3.63) is 0 Å². The number of halogens is 1. The van der Waals surface area contributed by atoms with Gasteiger partial charge in [0.05, 0.1) is 6.10 Å². The fourth-order valence-electron chi connectivity index (χ4n) is 2.37. The molecule has 3 heteroatoms. The van der Waals surface area contributed by atoms with Gasteiger partial charge in [0.2, 0.25) is 0 Å². The van der Waals surface area contributed by atoms with Crippen molar-refractivity contribution in [3.63, 3.8) is 0 Å². The molecule has 0 radical (unpaired) electrons. The first-order chi connectivity index (χ1) is 5.36. The Morgan fingerprint density at radius 3 is 2.25 bits per heavy atom. The molecule has 72 valence electrons. The van der Waals surface area contributed by atoms with Crippen LogP contribution in [0.1, 0.15) is 32.1 Å². The fourth-order valence-corrected chi connectivity index (χ4v) is 2.37. The average Bonchev–Trinajstić information content (AvgIpc) is 2.55. The first kappa shape index (κ1) is 10.3. The number of β-amino-alcohol motifs (C(OH)–C–C–N with tert-alkyl or cyclic N) is 1. The zero-order valence-corrected chi connectivity index (χ0v) is 8.22. The van der Waals surface area contributed by atoms with Crippen molar-refractivity contribution in [1.29, 1.82) is 0 Å². The van der Waals surface area contributed by atoms with Gasteiger partial charge in [0.25, 0.3) is 0 Å². The molecule has 1 heterocycles. The summed E-state index contributed by atoms with van der Waals surface area (Å²) < 4.78 is 0. The fraction of sp³-hybridized carbons (Fsp3) is 1.00. The van der Waals surface area contributed by atoms with Crippen LogP contribution in [0.4, 0.5) is 0 Å². The van der Waals surface area contributed by atoms with E-state index < -0.39 is 0 Å². The molecule has 2 rings (SSSR count). The number of hydrogen-bond acceptors (Lipinski definition) is 2. The van der Waals surface area contributed by atoms with E-state index in [0.717, 1.165) is 25.6 Å². The molecule has 0 aromatic carbocycles. The molecule has 2 aliphatic rings. The molecule has 2 nitrogen and oxygen atoms in total. The second-order valence-corrected chi connectivity index (χ2v) is 3.88. The quantitative estimate of drug-likeness (QED) is 0.678. The molecule has 1 N–H and O–H groups in total. The molecule has 0 bridgehead atoms. The van der Waals surface area contributed by atoms with Crippen molar-refractivity contribution in [2.24, 2.45) is 0 Å². The number of rotatable bonds is 1. The van der Waals surface area contributed by atoms with Gasteiger partial charge in [-0.3, -0.25) is 4.90 Å². The Bertz CT molecular complexity index is 136. The molecule has 0 aromatic heterocycles. The van der Waals surface area contributed by atoms with Crippen LogP contribution in [0, 0.1) is 0 Å². The van der Waals surface area contributed by atoms with E-state index >= 15 is 0 Å². The summed E-state index contributed by atoms with van der Waals surface area (Å²) in [7, 11) is 0. The lowest BCUT2D eigenvalue weighted by Crippen LogP contribution is -2.31. The van der Waals surface area contributed by atoms with Crippen LogP contribution in [0.15, 0.2) is 0 Å². The summed E-state index contributed by atoms with van der Waals surface area (Å²) in [5, 5.41) is 9.32. The van der Waals surface area contributed by atoms with Crippen LogP contribution in [0.25, 0.3) is 0 Å². The van der Waals surface area contributed by atoms with E-state index in [-0.39, 0.29) is 18.5 Å². The second-order valence-electron chi connectivity index (χ2n) is 3.88. The van der Waals surface area contributed by atoms with Crippen LogP contribution in [0.5, 0.6) is 0 Å². The monoisotopic (exact) mass is 191 g/mol. The summed E-state index contributed by atoms with van der Waals surface area (Å²) in [5.74, 6) is 0. The lowest BCUT2D eigenvalue weighted by molar-refractivity contribution is 0.160. The minimum Gasteiger partial charge on any atom is -0.392 e. The topological polar surface area (TPSA) is 23.5 Å². The molecule has 2 fully saturated rings. The molecule has 1 saturated heterocycles. The third-order valence-electron chi connectivity index (χ3n) is 3.04. The standard InChI is InChI=1S/C9H17NO.ClH/c11-9-5-6-10(7-9)8-3-1-2-4-8;/h8-9,11H,1-7H2;1H/t9-;/m1./s1. The van der Waals surface area contributed by atoms with E-state index in [1.807, 2.05) is 0 Å².